The van der Waals surface area contributed by atoms with Crippen molar-refractivity contribution in [2.24, 2.45) is 0 Å². The van der Waals surface area contributed by atoms with Crippen molar-refractivity contribution in [3.8, 4) is 0 Å². The summed E-state index contributed by atoms with van der Waals surface area (Å²) in [6.07, 6.45) is 0.605. The molecule has 0 aromatic carbocycles. The van der Waals surface area contributed by atoms with Crippen LogP contribution in [0.15, 0.2) is 0 Å². The summed E-state index contributed by atoms with van der Waals surface area (Å²) in [6, 6.07) is -1.27. The van der Waals surface area contributed by atoms with Crippen LogP contribution in [0.3, 0.4) is 0 Å². The molecule has 0 bridgehead atoms. The standard InChI is InChI=1S/C15H15N3O7S2/c19-10(17-6-1-2-26-15(6)25)7-3-5-8(4-16-7)27-12(9(5)13(21)22)18-11(20)14(23)24/h6-7,16H,1-4H2,(H,17,19)(H,18,20)(H,21,22)(H,23,24). The number of thiophene rings is 1. The van der Waals surface area contributed by atoms with Crippen LogP contribution in [-0.2, 0) is 32.1 Å². The van der Waals surface area contributed by atoms with Crippen molar-refractivity contribution in [1.82, 2.24) is 10.6 Å². The molecule has 27 heavy (non-hydrogen) atoms. The summed E-state index contributed by atoms with van der Waals surface area (Å²) in [5, 5.41) is 25.7. The van der Waals surface area contributed by atoms with E-state index in [4.69, 9.17) is 5.11 Å². The average Bonchev–Trinajstić information content (AvgIpc) is 3.17. The highest BCUT2D eigenvalue weighted by molar-refractivity contribution is 8.14. The Morgan fingerprint density at radius 2 is 1.93 bits per heavy atom. The van der Waals surface area contributed by atoms with E-state index in [9.17, 15) is 29.1 Å². The summed E-state index contributed by atoms with van der Waals surface area (Å²) in [5.74, 6) is -4.15. The largest absolute Gasteiger partial charge is 0.478 e. The predicted molar refractivity (Wildman–Crippen MR) is 95.9 cm³/mol. The Hall–Kier alpha value is -2.44. The fraction of sp³-hybridized carbons (Fsp3) is 0.400. The van der Waals surface area contributed by atoms with E-state index in [1.807, 2.05) is 0 Å². The number of nitrogens with one attached hydrogen (secondary N) is 3. The summed E-state index contributed by atoms with van der Waals surface area (Å²) < 4.78 is 0. The van der Waals surface area contributed by atoms with Gasteiger partial charge in [-0.15, -0.1) is 11.3 Å². The van der Waals surface area contributed by atoms with Crippen LogP contribution in [0.25, 0.3) is 0 Å². The lowest BCUT2D eigenvalue weighted by molar-refractivity contribution is -0.147. The molecular weight excluding hydrogens is 398 g/mol. The minimum Gasteiger partial charge on any atom is -0.478 e. The Labute approximate surface area is 160 Å². The van der Waals surface area contributed by atoms with Crippen LogP contribution in [0, 0.1) is 0 Å². The lowest BCUT2D eigenvalue weighted by atomic mass is 9.97. The maximum absolute atomic E-state index is 12.4. The summed E-state index contributed by atoms with van der Waals surface area (Å²) in [7, 11) is 0. The molecule has 0 spiro atoms. The molecule has 2 amide bonds. The van der Waals surface area contributed by atoms with E-state index in [1.54, 1.807) is 0 Å². The summed E-state index contributed by atoms with van der Waals surface area (Å²) >= 11 is 2.12. The molecule has 2 aliphatic rings. The van der Waals surface area contributed by atoms with E-state index < -0.39 is 35.8 Å². The van der Waals surface area contributed by atoms with Crippen LogP contribution in [0.5, 0.6) is 0 Å². The molecule has 1 aromatic rings. The van der Waals surface area contributed by atoms with Gasteiger partial charge in [-0.2, -0.15) is 0 Å². The fourth-order valence-corrected chi connectivity index (χ4v) is 5.02. The monoisotopic (exact) mass is 413 g/mol. The average molecular weight is 413 g/mol. The van der Waals surface area contributed by atoms with E-state index in [1.165, 1.54) is 0 Å². The highest BCUT2D eigenvalue weighted by Gasteiger charge is 2.35. The Balaban J connectivity index is 1.79. The minimum atomic E-state index is -1.73. The lowest BCUT2D eigenvalue weighted by Crippen LogP contribution is -2.51. The van der Waals surface area contributed by atoms with Gasteiger partial charge in [0, 0.05) is 17.2 Å². The van der Waals surface area contributed by atoms with Gasteiger partial charge < -0.3 is 26.2 Å². The van der Waals surface area contributed by atoms with Crippen molar-refractivity contribution in [3.05, 3.63) is 16.0 Å². The van der Waals surface area contributed by atoms with Crippen molar-refractivity contribution < 1.29 is 34.2 Å². The van der Waals surface area contributed by atoms with Crippen molar-refractivity contribution in [1.29, 1.82) is 0 Å². The van der Waals surface area contributed by atoms with Crippen molar-refractivity contribution in [2.45, 2.75) is 31.5 Å². The number of rotatable bonds is 4. The molecule has 1 fully saturated rings. The fourth-order valence-electron chi connectivity index (χ4n) is 2.92. The molecule has 2 aliphatic heterocycles. The number of carbonyl (C=O) groups is 5. The number of anilines is 1. The van der Waals surface area contributed by atoms with Gasteiger partial charge in [-0.25, -0.2) is 9.59 Å². The first-order valence-corrected chi connectivity index (χ1v) is 9.70. The minimum absolute atomic E-state index is 0.0519. The Morgan fingerprint density at radius 3 is 2.52 bits per heavy atom. The SMILES string of the molecule is O=C(O)C(=O)Nc1sc2c(c1C(=O)O)CC(C(=O)NC1CCSC1=O)NC2. The number of carboxylic acids is 2. The van der Waals surface area contributed by atoms with Gasteiger partial charge in [0.1, 0.15) is 5.00 Å². The highest BCUT2D eigenvalue weighted by atomic mass is 32.2. The molecule has 144 valence electrons. The zero-order chi connectivity index (χ0) is 19.7. The zero-order valence-corrected chi connectivity index (χ0v) is 15.4. The molecule has 1 saturated heterocycles. The molecule has 3 heterocycles. The third kappa shape index (κ3) is 3.96. The molecule has 5 N–H and O–H groups in total. The van der Waals surface area contributed by atoms with Gasteiger partial charge in [0.15, 0.2) is 0 Å². The molecule has 2 atom stereocenters. The van der Waals surface area contributed by atoms with Gasteiger partial charge in [-0.05, 0) is 18.4 Å². The number of hydrogen-bond acceptors (Lipinski definition) is 8. The molecule has 12 heteroatoms. The number of aliphatic carboxylic acids is 1. The van der Waals surface area contributed by atoms with Crippen molar-refractivity contribution in [3.63, 3.8) is 0 Å². The number of aromatic carboxylic acids is 1. The first-order chi connectivity index (χ1) is 12.8. The van der Waals surface area contributed by atoms with E-state index in [2.05, 4.69) is 16.0 Å². The quantitative estimate of drug-likeness (QED) is 0.415. The first-order valence-electron chi connectivity index (χ1n) is 7.90. The van der Waals surface area contributed by atoms with Crippen LogP contribution >= 0.6 is 23.1 Å². The number of fused-ring (bicyclic) bond motifs is 1. The topological polar surface area (TPSA) is 162 Å². The molecule has 0 saturated carbocycles. The van der Waals surface area contributed by atoms with E-state index in [-0.39, 0.29) is 28.6 Å². The van der Waals surface area contributed by atoms with Crippen LogP contribution in [-0.4, -0.2) is 56.9 Å². The van der Waals surface area contributed by atoms with Gasteiger partial charge in [0.05, 0.1) is 17.6 Å². The van der Waals surface area contributed by atoms with Gasteiger partial charge in [-0.1, -0.05) is 11.8 Å². The number of thioether (sulfide) groups is 1. The Morgan fingerprint density at radius 1 is 1.19 bits per heavy atom. The van der Waals surface area contributed by atoms with Gasteiger partial charge >= 0.3 is 17.8 Å². The highest BCUT2D eigenvalue weighted by Crippen LogP contribution is 2.36. The summed E-state index contributed by atoms with van der Waals surface area (Å²) in [5.41, 5.74) is 0.163. The Kier molecular flexibility index (Phi) is 5.48. The van der Waals surface area contributed by atoms with Gasteiger partial charge in [0.25, 0.3) is 0 Å². The van der Waals surface area contributed by atoms with E-state index in [0.29, 0.717) is 22.6 Å². The van der Waals surface area contributed by atoms with E-state index in [0.717, 1.165) is 23.1 Å². The zero-order valence-electron chi connectivity index (χ0n) is 13.7. The number of carboxylic acid groups (broad SMARTS) is 2. The second-order valence-corrected chi connectivity index (χ2v) is 8.13. The van der Waals surface area contributed by atoms with Crippen LogP contribution in [0.2, 0.25) is 0 Å². The number of hydrogen-bond donors (Lipinski definition) is 5. The van der Waals surface area contributed by atoms with Crippen LogP contribution < -0.4 is 16.0 Å². The molecule has 0 radical (unpaired) electrons. The first kappa shape index (κ1) is 19.3. The Bertz CT molecular complexity index is 851. The molecule has 1 aromatic heterocycles. The smallest absolute Gasteiger partial charge is 0.394 e. The third-order valence-electron chi connectivity index (χ3n) is 4.21. The predicted octanol–water partition coefficient (Wildman–Crippen LogP) is -0.368. The normalized spacial score (nSPS) is 21.4. The van der Waals surface area contributed by atoms with Crippen LogP contribution in [0.1, 0.15) is 27.2 Å². The number of carbonyl (C=O) groups excluding carboxylic acids is 3. The second kappa shape index (κ2) is 7.66. The van der Waals surface area contributed by atoms with Crippen molar-refractivity contribution in [2.75, 3.05) is 11.1 Å². The molecule has 2 unspecified atom stereocenters. The second-order valence-electron chi connectivity index (χ2n) is 5.93. The lowest BCUT2D eigenvalue weighted by Gasteiger charge is -2.24. The van der Waals surface area contributed by atoms with Crippen molar-refractivity contribution >= 4 is 57.0 Å². The molecular formula is C15H15N3O7S2. The van der Waals surface area contributed by atoms with Gasteiger partial charge in [-0.3, -0.25) is 14.4 Å². The van der Waals surface area contributed by atoms with Crippen LogP contribution in [0.4, 0.5) is 5.00 Å². The maximum Gasteiger partial charge on any atom is 0.394 e. The molecule has 3 rings (SSSR count). The maximum atomic E-state index is 12.4. The van der Waals surface area contributed by atoms with Gasteiger partial charge in [0.2, 0.25) is 11.0 Å². The summed E-state index contributed by atoms with van der Waals surface area (Å²) in [4.78, 5) is 58.4. The van der Waals surface area contributed by atoms with E-state index >= 15 is 0 Å². The molecule has 0 aliphatic carbocycles. The summed E-state index contributed by atoms with van der Waals surface area (Å²) in [6.45, 7) is 0.189. The third-order valence-corrected chi connectivity index (χ3v) is 6.37. The number of amides is 2. The molecule has 10 nitrogen and oxygen atoms in total.